The Labute approximate surface area is 176 Å². The lowest BCUT2D eigenvalue weighted by atomic mass is 10.0. The van der Waals surface area contributed by atoms with Crippen molar-refractivity contribution in [3.63, 3.8) is 0 Å². The average molecular weight is 425 g/mol. The molecule has 2 heterocycles. The van der Waals surface area contributed by atoms with Gasteiger partial charge in [-0.25, -0.2) is 14.9 Å². The number of aromatic nitrogens is 3. The molecule has 2 aromatic heterocycles. The number of halogens is 2. The summed E-state index contributed by atoms with van der Waals surface area (Å²) in [6.45, 7) is 1.43. The molecule has 0 radical (unpaired) electrons. The van der Waals surface area contributed by atoms with E-state index in [0.717, 1.165) is 5.56 Å². The van der Waals surface area contributed by atoms with Crippen LogP contribution in [0.1, 0.15) is 6.92 Å². The zero-order valence-electron chi connectivity index (χ0n) is 15.2. The van der Waals surface area contributed by atoms with Gasteiger partial charge in [0.05, 0.1) is 22.0 Å². The van der Waals surface area contributed by atoms with Gasteiger partial charge in [-0.15, -0.1) is 0 Å². The van der Waals surface area contributed by atoms with Crippen LogP contribution in [0.4, 0.5) is 11.6 Å². The maximum Gasteiger partial charge on any atom is 0.248 e. The molecule has 6 nitrogen and oxygen atoms in total. The van der Waals surface area contributed by atoms with Crippen LogP contribution >= 0.6 is 23.2 Å². The molecule has 0 aliphatic carbocycles. The molecule has 4 rings (SSSR count). The molecule has 0 saturated carbocycles. The van der Waals surface area contributed by atoms with Crippen molar-refractivity contribution in [3.8, 4) is 22.5 Å². The lowest BCUT2D eigenvalue weighted by molar-refractivity contribution is -0.116. The van der Waals surface area contributed by atoms with Crippen molar-refractivity contribution in [2.24, 2.45) is 0 Å². The molecule has 29 heavy (non-hydrogen) atoms. The molecule has 0 aliphatic rings. The summed E-state index contributed by atoms with van der Waals surface area (Å²) in [5.41, 5.74) is 2.78. The van der Waals surface area contributed by atoms with Crippen molar-refractivity contribution in [2.45, 2.75) is 6.92 Å². The van der Waals surface area contributed by atoms with Crippen molar-refractivity contribution in [3.05, 3.63) is 77.2 Å². The highest BCUT2D eigenvalue weighted by Gasteiger charge is 2.29. The Morgan fingerprint density at radius 3 is 2.59 bits per heavy atom. The lowest BCUT2D eigenvalue weighted by Gasteiger charge is -2.20. The molecule has 8 heteroatoms. The summed E-state index contributed by atoms with van der Waals surface area (Å²) in [4.78, 5) is 22.3. The quantitative estimate of drug-likeness (QED) is 0.414. The molecular weight excluding hydrogens is 411 g/mol. The average Bonchev–Trinajstić information content (AvgIpc) is 3.15. The first-order chi connectivity index (χ1) is 14.1. The molecule has 0 aliphatic heterocycles. The zero-order chi connectivity index (χ0) is 20.4. The van der Waals surface area contributed by atoms with E-state index in [9.17, 15) is 4.79 Å². The molecule has 0 saturated heterocycles. The van der Waals surface area contributed by atoms with Crippen LogP contribution in [0.15, 0.2) is 71.6 Å². The zero-order valence-corrected chi connectivity index (χ0v) is 16.7. The second-order valence-electron chi connectivity index (χ2n) is 6.12. The fourth-order valence-corrected chi connectivity index (χ4v) is 3.40. The molecule has 0 unspecified atom stereocenters. The van der Waals surface area contributed by atoms with Crippen molar-refractivity contribution < 1.29 is 9.32 Å². The number of carbonyl (C=O) groups excluding carboxylic acids is 1. The van der Waals surface area contributed by atoms with Crippen LogP contribution in [0.25, 0.3) is 22.5 Å². The first-order valence-corrected chi connectivity index (χ1v) is 9.39. The highest BCUT2D eigenvalue weighted by molar-refractivity contribution is 6.34. The van der Waals surface area contributed by atoms with E-state index >= 15 is 0 Å². The minimum absolute atomic E-state index is 0.208. The molecule has 0 bridgehead atoms. The van der Waals surface area contributed by atoms with Crippen LogP contribution in [-0.4, -0.2) is 21.0 Å². The van der Waals surface area contributed by atoms with Crippen LogP contribution in [-0.2, 0) is 4.79 Å². The van der Waals surface area contributed by atoms with Gasteiger partial charge in [0.15, 0.2) is 0 Å². The lowest BCUT2D eigenvalue weighted by Crippen LogP contribution is -2.23. The standard InChI is InChI=1S/C21H14Cl2N4O2/c1-13(28)27(18-8-3-2-7-16(18)23)21-19(17-9-10-24-12-25-17)20(26-29-21)14-5-4-6-15(22)11-14/h2-12H,1H3. The number of para-hydroxylation sites is 1. The van der Waals surface area contributed by atoms with E-state index in [0.29, 0.717) is 32.7 Å². The summed E-state index contributed by atoms with van der Waals surface area (Å²) in [5, 5.41) is 5.18. The fourth-order valence-electron chi connectivity index (χ4n) is 2.99. The summed E-state index contributed by atoms with van der Waals surface area (Å²) >= 11 is 12.5. The van der Waals surface area contributed by atoms with E-state index in [1.807, 2.05) is 12.1 Å². The Balaban J connectivity index is 1.99. The number of benzene rings is 2. The van der Waals surface area contributed by atoms with Gasteiger partial charge in [0, 0.05) is 23.7 Å². The van der Waals surface area contributed by atoms with Crippen molar-refractivity contribution in [1.82, 2.24) is 15.1 Å². The third-order valence-electron chi connectivity index (χ3n) is 4.22. The van der Waals surface area contributed by atoms with E-state index in [1.165, 1.54) is 18.2 Å². The normalized spacial score (nSPS) is 10.7. The predicted octanol–water partition coefficient (Wildman–Crippen LogP) is 5.79. The molecule has 0 N–H and O–H groups in total. The number of hydrogen-bond donors (Lipinski definition) is 0. The Bertz CT molecular complexity index is 1180. The number of hydrogen-bond acceptors (Lipinski definition) is 5. The third kappa shape index (κ3) is 3.72. The summed E-state index contributed by atoms with van der Waals surface area (Å²) in [5.74, 6) is -0.0820. The van der Waals surface area contributed by atoms with Gasteiger partial charge < -0.3 is 4.52 Å². The Hall–Kier alpha value is -3.22. The molecule has 1 amide bonds. The van der Waals surface area contributed by atoms with E-state index in [4.69, 9.17) is 27.7 Å². The predicted molar refractivity (Wildman–Crippen MR) is 112 cm³/mol. The van der Waals surface area contributed by atoms with Gasteiger partial charge in [0.2, 0.25) is 11.8 Å². The van der Waals surface area contributed by atoms with Crippen LogP contribution in [0.3, 0.4) is 0 Å². The third-order valence-corrected chi connectivity index (χ3v) is 4.78. The second-order valence-corrected chi connectivity index (χ2v) is 6.97. The molecule has 4 aromatic rings. The van der Waals surface area contributed by atoms with E-state index < -0.39 is 0 Å². The molecule has 0 spiro atoms. The van der Waals surface area contributed by atoms with Crippen molar-refractivity contribution in [1.29, 1.82) is 0 Å². The molecule has 0 fully saturated rings. The number of rotatable bonds is 4. The van der Waals surface area contributed by atoms with Gasteiger partial charge in [0.25, 0.3) is 0 Å². The first kappa shape index (κ1) is 19.1. The fraction of sp³-hybridized carbons (Fsp3) is 0.0476. The van der Waals surface area contributed by atoms with Gasteiger partial charge in [-0.3, -0.25) is 4.79 Å². The Morgan fingerprint density at radius 1 is 1.07 bits per heavy atom. The monoisotopic (exact) mass is 424 g/mol. The molecule has 144 valence electrons. The minimum atomic E-state index is -0.290. The van der Waals surface area contributed by atoms with Crippen molar-refractivity contribution >= 4 is 40.7 Å². The number of nitrogens with zero attached hydrogens (tertiary/aromatic N) is 4. The molecule has 2 aromatic carbocycles. The first-order valence-electron chi connectivity index (χ1n) is 8.63. The highest BCUT2D eigenvalue weighted by Crippen LogP contribution is 2.43. The summed E-state index contributed by atoms with van der Waals surface area (Å²) in [6.07, 6.45) is 3.02. The Kier molecular flexibility index (Phi) is 5.29. The van der Waals surface area contributed by atoms with Crippen LogP contribution < -0.4 is 4.90 Å². The van der Waals surface area contributed by atoms with Gasteiger partial charge in [0.1, 0.15) is 12.0 Å². The SMILES string of the molecule is CC(=O)N(c1ccccc1Cl)c1onc(-c2cccc(Cl)c2)c1-c1ccncn1. The Morgan fingerprint density at radius 2 is 1.90 bits per heavy atom. The van der Waals surface area contributed by atoms with Crippen LogP contribution in [0.2, 0.25) is 10.0 Å². The van der Waals surface area contributed by atoms with Crippen LogP contribution in [0, 0.1) is 0 Å². The van der Waals surface area contributed by atoms with Gasteiger partial charge in [-0.1, -0.05) is 52.6 Å². The van der Waals surface area contributed by atoms with Crippen molar-refractivity contribution in [2.75, 3.05) is 4.90 Å². The maximum atomic E-state index is 12.6. The number of anilines is 2. The smallest absolute Gasteiger partial charge is 0.248 e. The van der Waals surface area contributed by atoms with Gasteiger partial charge in [-0.05, 0) is 30.3 Å². The van der Waals surface area contributed by atoms with Crippen LogP contribution in [0.5, 0.6) is 0 Å². The largest absolute Gasteiger partial charge is 0.336 e. The molecule has 0 atom stereocenters. The number of amides is 1. The maximum absolute atomic E-state index is 12.6. The highest BCUT2D eigenvalue weighted by atomic mass is 35.5. The van der Waals surface area contributed by atoms with E-state index in [-0.39, 0.29) is 11.8 Å². The minimum Gasteiger partial charge on any atom is -0.336 e. The summed E-state index contributed by atoms with van der Waals surface area (Å²) < 4.78 is 5.67. The topological polar surface area (TPSA) is 72.1 Å². The number of carbonyl (C=O) groups is 1. The summed E-state index contributed by atoms with van der Waals surface area (Å²) in [6, 6.07) is 15.9. The second kappa shape index (κ2) is 8.03. The van der Waals surface area contributed by atoms with Gasteiger partial charge >= 0.3 is 0 Å². The summed E-state index contributed by atoms with van der Waals surface area (Å²) in [7, 11) is 0. The van der Waals surface area contributed by atoms with Gasteiger partial charge in [-0.2, -0.15) is 0 Å². The molecular formula is C21H14Cl2N4O2. The van der Waals surface area contributed by atoms with E-state index in [2.05, 4.69) is 15.1 Å². The van der Waals surface area contributed by atoms with E-state index in [1.54, 1.807) is 48.7 Å².